The molecule has 0 N–H and O–H groups in total. The highest BCUT2D eigenvalue weighted by atomic mass is 79.9. The molecule has 5 nitrogen and oxygen atoms in total. The van der Waals surface area contributed by atoms with Gasteiger partial charge in [-0.3, -0.25) is 4.79 Å². The van der Waals surface area contributed by atoms with Crippen molar-refractivity contribution in [1.29, 1.82) is 5.26 Å². The van der Waals surface area contributed by atoms with Crippen molar-refractivity contribution >= 4 is 27.9 Å². The summed E-state index contributed by atoms with van der Waals surface area (Å²) in [6.45, 7) is 6.09. The highest BCUT2D eigenvalue weighted by Gasteiger charge is 2.21. The molecule has 0 radical (unpaired) electrons. The number of hydrogen-bond donors (Lipinski definition) is 0. The number of amides is 1. The van der Waals surface area contributed by atoms with Crippen molar-refractivity contribution in [3.05, 3.63) is 57.3 Å². The third kappa shape index (κ3) is 3.74. The topological polar surface area (TPSA) is 58.3 Å². The van der Waals surface area contributed by atoms with Crippen molar-refractivity contribution in [2.24, 2.45) is 0 Å². The monoisotopic (exact) mass is 413 g/mol. The minimum atomic E-state index is -0.232. The molecule has 2 heterocycles. The predicted octanol–water partition coefficient (Wildman–Crippen LogP) is 3.62. The molecular weight excluding hydrogens is 394 g/mol. The first kappa shape index (κ1) is 18.4. The maximum absolute atomic E-state index is 12.6. The number of morpholine rings is 1. The number of nitriles is 1. The fourth-order valence-electron chi connectivity index (χ4n) is 3.16. The van der Waals surface area contributed by atoms with Gasteiger partial charge in [0.1, 0.15) is 11.6 Å². The summed E-state index contributed by atoms with van der Waals surface area (Å²) >= 11 is 3.45. The second kappa shape index (κ2) is 7.90. The molecular formula is C20H20BrN3O2. The first-order valence-electron chi connectivity index (χ1n) is 8.45. The van der Waals surface area contributed by atoms with Gasteiger partial charge in [-0.1, -0.05) is 15.9 Å². The molecule has 0 spiro atoms. The van der Waals surface area contributed by atoms with Gasteiger partial charge >= 0.3 is 0 Å². The molecule has 3 rings (SSSR count). The van der Waals surface area contributed by atoms with Crippen molar-refractivity contribution in [2.45, 2.75) is 13.8 Å². The highest BCUT2D eigenvalue weighted by Crippen LogP contribution is 2.24. The largest absolute Gasteiger partial charge is 0.378 e. The van der Waals surface area contributed by atoms with Crippen molar-refractivity contribution in [3.8, 4) is 11.8 Å². The van der Waals surface area contributed by atoms with Gasteiger partial charge in [-0.05, 0) is 55.8 Å². The molecule has 134 valence electrons. The number of ether oxygens (including phenoxy) is 1. The lowest BCUT2D eigenvalue weighted by Gasteiger charge is -2.26. The molecule has 0 atom stereocenters. The highest BCUT2D eigenvalue weighted by molar-refractivity contribution is 9.10. The van der Waals surface area contributed by atoms with E-state index < -0.39 is 0 Å². The van der Waals surface area contributed by atoms with E-state index in [2.05, 4.69) is 26.6 Å². The molecule has 1 aliphatic heterocycles. The van der Waals surface area contributed by atoms with Gasteiger partial charge in [-0.25, -0.2) is 0 Å². The van der Waals surface area contributed by atoms with E-state index in [9.17, 15) is 10.1 Å². The predicted molar refractivity (Wildman–Crippen MR) is 104 cm³/mol. The number of halogens is 1. The molecule has 26 heavy (non-hydrogen) atoms. The fraction of sp³-hybridized carbons (Fsp3) is 0.300. The Morgan fingerprint density at radius 2 is 1.88 bits per heavy atom. The average molecular weight is 414 g/mol. The van der Waals surface area contributed by atoms with Crippen LogP contribution in [0.3, 0.4) is 0 Å². The van der Waals surface area contributed by atoms with Gasteiger partial charge in [0.15, 0.2) is 0 Å². The lowest BCUT2D eigenvalue weighted by molar-refractivity contribution is -0.130. The van der Waals surface area contributed by atoms with Crippen molar-refractivity contribution in [3.63, 3.8) is 0 Å². The first-order valence-corrected chi connectivity index (χ1v) is 9.24. The summed E-state index contributed by atoms with van der Waals surface area (Å²) in [5.74, 6) is -0.232. The number of carbonyl (C=O) groups is 1. The van der Waals surface area contributed by atoms with Crippen molar-refractivity contribution in [1.82, 2.24) is 9.47 Å². The van der Waals surface area contributed by atoms with Gasteiger partial charge in [0.05, 0.1) is 13.2 Å². The zero-order valence-electron chi connectivity index (χ0n) is 14.8. The third-order valence-corrected chi connectivity index (χ3v) is 5.03. The Balaban J connectivity index is 1.94. The average Bonchev–Trinajstić information content (AvgIpc) is 2.94. The number of aromatic nitrogens is 1. The van der Waals surface area contributed by atoms with Crippen LogP contribution in [0.1, 0.15) is 17.0 Å². The smallest absolute Gasteiger partial charge is 0.264 e. The van der Waals surface area contributed by atoms with E-state index in [0.29, 0.717) is 26.3 Å². The van der Waals surface area contributed by atoms with Crippen LogP contribution < -0.4 is 0 Å². The maximum Gasteiger partial charge on any atom is 0.264 e. The molecule has 0 aliphatic carbocycles. The molecule has 1 aliphatic rings. The molecule has 1 amide bonds. The van der Waals surface area contributed by atoms with E-state index in [0.717, 1.165) is 27.1 Å². The van der Waals surface area contributed by atoms with Crippen LogP contribution >= 0.6 is 15.9 Å². The summed E-state index contributed by atoms with van der Waals surface area (Å²) in [7, 11) is 0. The van der Waals surface area contributed by atoms with Gasteiger partial charge in [-0.2, -0.15) is 5.26 Å². The lowest BCUT2D eigenvalue weighted by Crippen LogP contribution is -2.41. The molecule has 6 heteroatoms. The zero-order valence-corrected chi connectivity index (χ0v) is 16.4. The number of hydrogen-bond acceptors (Lipinski definition) is 3. The molecule has 1 saturated heterocycles. The number of rotatable bonds is 3. The number of benzene rings is 1. The Hall–Kier alpha value is -2.36. The number of carbonyl (C=O) groups excluding carboxylic acids is 1. The number of nitrogens with zero attached hydrogens (tertiary/aromatic N) is 3. The van der Waals surface area contributed by atoms with E-state index in [-0.39, 0.29) is 11.5 Å². The summed E-state index contributed by atoms with van der Waals surface area (Å²) in [5, 5.41) is 9.49. The second-order valence-electron chi connectivity index (χ2n) is 6.21. The van der Waals surface area contributed by atoms with Crippen LogP contribution in [0.25, 0.3) is 11.8 Å². The Morgan fingerprint density at radius 3 is 2.50 bits per heavy atom. The standard InChI is InChI=1S/C20H20BrN3O2/c1-14-11-16(15(2)24(14)19-5-3-18(21)4-6-19)12-17(13-22)20(25)23-7-9-26-10-8-23/h3-6,11-12H,7-10H2,1-2H3/b17-12-. The normalized spacial score (nSPS) is 15.0. The van der Waals surface area contributed by atoms with Crippen LogP contribution in [0.5, 0.6) is 0 Å². The summed E-state index contributed by atoms with van der Waals surface area (Å²) in [5.41, 5.74) is 4.12. The van der Waals surface area contributed by atoms with Crippen LogP contribution in [0.15, 0.2) is 40.4 Å². The summed E-state index contributed by atoms with van der Waals surface area (Å²) in [4.78, 5) is 14.3. The lowest BCUT2D eigenvalue weighted by atomic mass is 10.1. The Morgan fingerprint density at radius 1 is 1.23 bits per heavy atom. The summed E-state index contributed by atoms with van der Waals surface area (Å²) in [6.07, 6.45) is 1.69. The summed E-state index contributed by atoms with van der Waals surface area (Å²) < 4.78 is 8.41. The minimum absolute atomic E-state index is 0.156. The Bertz CT molecular complexity index is 885. The van der Waals surface area contributed by atoms with Gasteiger partial charge in [0.25, 0.3) is 5.91 Å². The fourth-order valence-corrected chi connectivity index (χ4v) is 3.42. The van der Waals surface area contributed by atoms with Gasteiger partial charge in [-0.15, -0.1) is 0 Å². The Labute approximate surface area is 161 Å². The van der Waals surface area contributed by atoms with E-state index >= 15 is 0 Å². The van der Waals surface area contributed by atoms with Crippen LogP contribution in [0.4, 0.5) is 0 Å². The first-order chi connectivity index (χ1) is 12.5. The van der Waals surface area contributed by atoms with Crippen molar-refractivity contribution < 1.29 is 9.53 Å². The Kier molecular flexibility index (Phi) is 5.60. The van der Waals surface area contributed by atoms with Crippen LogP contribution in [0, 0.1) is 25.2 Å². The van der Waals surface area contributed by atoms with Gasteiger partial charge in [0.2, 0.25) is 0 Å². The third-order valence-electron chi connectivity index (χ3n) is 4.50. The second-order valence-corrected chi connectivity index (χ2v) is 7.13. The quantitative estimate of drug-likeness (QED) is 0.570. The van der Waals surface area contributed by atoms with Crippen LogP contribution in [-0.2, 0) is 9.53 Å². The van der Waals surface area contributed by atoms with Gasteiger partial charge < -0.3 is 14.2 Å². The zero-order chi connectivity index (χ0) is 18.7. The molecule has 0 saturated carbocycles. The molecule has 2 aromatic rings. The molecule has 1 aromatic heterocycles. The van der Waals surface area contributed by atoms with Crippen molar-refractivity contribution in [2.75, 3.05) is 26.3 Å². The van der Waals surface area contributed by atoms with E-state index in [1.165, 1.54) is 0 Å². The molecule has 1 fully saturated rings. The van der Waals surface area contributed by atoms with E-state index in [1.807, 2.05) is 44.2 Å². The van der Waals surface area contributed by atoms with Crippen LogP contribution in [0.2, 0.25) is 0 Å². The number of aryl methyl sites for hydroxylation is 1. The van der Waals surface area contributed by atoms with E-state index in [1.54, 1.807) is 11.0 Å². The minimum Gasteiger partial charge on any atom is -0.378 e. The van der Waals surface area contributed by atoms with Gasteiger partial charge in [0, 0.05) is 34.6 Å². The van der Waals surface area contributed by atoms with E-state index in [4.69, 9.17) is 4.74 Å². The SMILES string of the molecule is Cc1cc(/C=C(/C#N)C(=O)N2CCOCC2)c(C)n1-c1ccc(Br)cc1. The summed E-state index contributed by atoms with van der Waals surface area (Å²) in [6, 6.07) is 12.1. The molecule has 0 unspecified atom stereocenters. The molecule has 0 bridgehead atoms. The molecule has 1 aromatic carbocycles. The maximum atomic E-state index is 12.6. The van der Waals surface area contributed by atoms with Crippen LogP contribution in [-0.4, -0.2) is 41.7 Å².